The van der Waals surface area contributed by atoms with Gasteiger partial charge in [0.1, 0.15) is 11.3 Å². The van der Waals surface area contributed by atoms with E-state index in [1.165, 1.54) is 10.9 Å². The van der Waals surface area contributed by atoms with E-state index in [9.17, 15) is 0 Å². The minimum Gasteiger partial charge on any atom is -0.459 e. The van der Waals surface area contributed by atoms with Crippen LogP contribution in [-0.4, -0.2) is 39.3 Å². The number of nitrogens with one attached hydrogen (secondary N) is 1. The molecule has 0 unspecified atom stereocenters. The largest absolute Gasteiger partial charge is 0.459 e. The van der Waals surface area contributed by atoms with Gasteiger partial charge < -0.3 is 14.5 Å². The fourth-order valence-electron chi connectivity index (χ4n) is 2.22. The van der Waals surface area contributed by atoms with Crippen LogP contribution < -0.4 is 5.32 Å². The third kappa shape index (κ3) is 3.35. The van der Waals surface area contributed by atoms with Crippen molar-refractivity contribution in [2.45, 2.75) is 13.1 Å². The minimum absolute atomic E-state index is 0.734. The van der Waals surface area contributed by atoms with Gasteiger partial charge in [0.25, 0.3) is 0 Å². The van der Waals surface area contributed by atoms with Crippen LogP contribution in [0, 0.1) is 0 Å². The number of fused-ring (bicyclic) bond motifs is 1. The summed E-state index contributed by atoms with van der Waals surface area (Å²) in [5.74, 6) is 1.04. The molecular weight excluding hydrogens is 240 g/mol. The monoisotopic (exact) mass is 262 g/mol. The molecule has 0 aliphatic heterocycles. The lowest BCUT2D eigenvalue weighted by Crippen LogP contribution is -2.23. The maximum Gasteiger partial charge on any atom is 0.134 e. The molecule has 104 valence electrons. The van der Waals surface area contributed by atoms with Gasteiger partial charge in [-0.2, -0.15) is 0 Å². The van der Waals surface area contributed by atoms with E-state index in [2.05, 4.69) is 29.4 Å². The van der Waals surface area contributed by atoms with Crippen molar-refractivity contribution in [1.82, 2.24) is 10.2 Å². The van der Waals surface area contributed by atoms with Crippen LogP contribution in [0.2, 0.25) is 0 Å². The van der Waals surface area contributed by atoms with Crippen LogP contribution >= 0.6 is 0 Å². The zero-order valence-electron chi connectivity index (χ0n) is 11.9. The van der Waals surface area contributed by atoms with Crippen molar-refractivity contribution in [1.29, 1.82) is 0 Å². The normalized spacial score (nSPS) is 11.6. The van der Waals surface area contributed by atoms with Gasteiger partial charge in [0.2, 0.25) is 0 Å². The highest BCUT2D eigenvalue weighted by Crippen LogP contribution is 2.26. The maximum absolute atomic E-state index is 5.98. The first-order valence-corrected chi connectivity index (χ1v) is 6.57. The van der Waals surface area contributed by atoms with Crippen LogP contribution in [0.4, 0.5) is 0 Å². The van der Waals surface area contributed by atoms with E-state index in [-0.39, 0.29) is 0 Å². The predicted molar refractivity (Wildman–Crippen MR) is 77.2 cm³/mol. The first kappa shape index (κ1) is 14.1. The molecule has 1 N–H and O–H groups in total. The van der Waals surface area contributed by atoms with Crippen LogP contribution in [0.25, 0.3) is 11.0 Å². The molecule has 1 heterocycles. The van der Waals surface area contributed by atoms with Gasteiger partial charge in [-0.25, -0.2) is 0 Å². The highest BCUT2D eigenvalue weighted by molar-refractivity contribution is 5.82. The lowest BCUT2D eigenvalue weighted by molar-refractivity contribution is 0.155. The van der Waals surface area contributed by atoms with Crippen molar-refractivity contribution < 1.29 is 9.15 Å². The Morgan fingerprint density at radius 2 is 2.11 bits per heavy atom. The van der Waals surface area contributed by atoms with Gasteiger partial charge in [0.15, 0.2) is 0 Å². The van der Waals surface area contributed by atoms with Crippen LogP contribution in [0.1, 0.15) is 11.3 Å². The molecular formula is C15H22N2O2. The lowest BCUT2D eigenvalue weighted by Gasteiger charge is -2.15. The fraction of sp³-hybridized carbons (Fsp3) is 0.467. The van der Waals surface area contributed by atoms with E-state index in [4.69, 9.17) is 9.15 Å². The molecule has 0 aliphatic carbocycles. The zero-order valence-corrected chi connectivity index (χ0v) is 11.9. The van der Waals surface area contributed by atoms with E-state index in [1.54, 1.807) is 7.11 Å². The predicted octanol–water partition coefficient (Wildman–Crippen LogP) is 2.23. The summed E-state index contributed by atoms with van der Waals surface area (Å²) in [6.07, 6.45) is 0. The fourth-order valence-corrected chi connectivity index (χ4v) is 2.22. The lowest BCUT2D eigenvalue weighted by atomic mass is 10.1. The second-order valence-corrected chi connectivity index (χ2v) is 4.76. The number of ether oxygens (including phenoxy) is 1. The number of hydrogen-bond acceptors (Lipinski definition) is 4. The zero-order chi connectivity index (χ0) is 13.7. The van der Waals surface area contributed by atoms with Crippen LogP contribution in [-0.2, 0) is 17.8 Å². The van der Waals surface area contributed by atoms with Crippen molar-refractivity contribution in [3.05, 3.63) is 35.6 Å². The number of furan rings is 1. The SMILES string of the molecule is CNCc1c(CN(C)CCOC)oc2ccccc12. The van der Waals surface area contributed by atoms with Gasteiger partial charge in [-0.3, -0.25) is 4.90 Å². The average molecular weight is 262 g/mol. The molecule has 0 atom stereocenters. The average Bonchev–Trinajstić information content (AvgIpc) is 2.75. The van der Waals surface area contributed by atoms with E-state index in [0.29, 0.717) is 0 Å². The summed E-state index contributed by atoms with van der Waals surface area (Å²) in [5, 5.41) is 4.42. The van der Waals surface area contributed by atoms with Crippen molar-refractivity contribution in [3.8, 4) is 0 Å². The Bertz CT molecular complexity index is 522. The maximum atomic E-state index is 5.98. The first-order valence-electron chi connectivity index (χ1n) is 6.57. The highest BCUT2D eigenvalue weighted by Gasteiger charge is 2.14. The molecule has 0 amide bonds. The molecule has 0 radical (unpaired) electrons. The highest BCUT2D eigenvalue weighted by atomic mass is 16.5. The molecule has 0 fully saturated rings. The number of methoxy groups -OCH3 is 1. The second-order valence-electron chi connectivity index (χ2n) is 4.76. The number of benzene rings is 1. The summed E-state index contributed by atoms with van der Waals surface area (Å²) in [5.41, 5.74) is 2.21. The van der Waals surface area contributed by atoms with Crippen molar-refractivity contribution in [2.75, 3.05) is 34.4 Å². The summed E-state index contributed by atoms with van der Waals surface area (Å²) in [6.45, 7) is 3.25. The molecule has 0 saturated heterocycles. The van der Waals surface area contributed by atoms with Crippen LogP contribution in [0.15, 0.2) is 28.7 Å². The quantitative estimate of drug-likeness (QED) is 0.830. The summed E-state index contributed by atoms with van der Waals surface area (Å²) in [7, 11) is 5.76. The molecule has 2 aromatic rings. The third-order valence-electron chi connectivity index (χ3n) is 3.23. The number of nitrogens with zero attached hydrogens (tertiary/aromatic N) is 1. The van der Waals surface area contributed by atoms with E-state index in [0.717, 1.165) is 37.6 Å². The van der Waals surface area contributed by atoms with Gasteiger partial charge in [0, 0.05) is 31.1 Å². The standard InChI is InChI=1S/C15H22N2O2/c1-16-10-13-12-6-4-5-7-14(12)19-15(13)11-17(2)8-9-18-3/h4-7,16H,8-11H2,1-3H3. The molecule has 4 nitrogen and oxygen atoms in total. The van der Waals surface area contributed by atoms with Gasteiger partial charge in [-0.05, 0) is 20.2 Å². The number of likely N-dealkylation sites (N-methyl/N-ethyl adjacent to an activating group) is 1. The van der Waals surface area contributed by atoms with Crippen molar-refractivity contribution >= 4 is 11.0 Å². The van der Waals surface area contributed by atoms with Gasteiger partial charge in [-0.15, -0.1) is 0 Å². The summed E-state index contributed by atoms with van der Waals surface area (Å²) < 4.78 is 11.1. The van der Waals surface area contributed by atoms with Crippen LogP contribution in [0.5, 0.6) is 0 Å². The molecule has 2 rings (SSSR count). The van der Waals surface area contributed by atoms with Crippen molar-refractivity contribution in [3.63, 3.8) is 0 Å². The topological polar surface area (TPSA) is 37.6 Å². The Hall–Kier alpha value is -1.36. The van der Waals surface area contributed by atoms with Crippen molar-refractivity contribution in [2.24, 2.45) is 0 Å². The molecule has 4 heteroatoms. The number of para-hydroxylation sites is 1. The van der Waals surface area contributed by atoms with Gasteiger partial charge in [-0.1, -0.05) is 18.2 Å². The second kappa shape index (κ2) is 6.70. The van der Waals surface area contributed by atoms with E-state index in [1.807, 2.05) is 19.2 Å². The molecule has 1 aromatic heterocycles. The first-order chi connectivity index (χ1) is 9.26. The third-order valence-corrected chi connectivity index (χ3v) is 3.23. The Balaban J connectivity index is 2.23. The molecule has 19 heavy (non-hydrogen) atoms. The Morgan fingerprint density at radius 1 is 1.32 bits per heavy atom. The summed E-state index contributed by atoms with van der Waals surface area (Å²) in [4.78, 5) is 2.21. The minimum atomic E-state index is 0.734. The summed E-state index contributed by atoms with van der Waals surface area (Å²) >= 11 is 0. The van der Waals surface area contributed by atoms with Gasteiger partial charge >= 0.3 is 0 Å². The molecule has 0 spiro atoms. The molecule has 0 saturated carbocycles. The van der Waals surface area contributed by atoms with E-state index >= 15 is 0 Å². The Kier molecular flexibility index (Phi) is 4.96. The van der Waals surface area contributed by atoms with Gasteiger partial charge in [0.05, 0.1) is 13.2 Å². The Labute approximate surface area is 114 Å². The van der Waals surface area contributed by atoms with E-state index < -0.39 is 0 Å². The molecule has 0 aliphatic rings. The van der Waals surface area contributed by atoms with Crippen LogP contribution in [0.3, 0.4) is 0 Å². The smallest absolute Gasteiger partial charge is 0.134 e. The number of hydrogen-bond donors (Lipinski definition) is 1. The molecule has 0 bridgehead atoms. The number of rotatable bonds is 7. The Morgan fingerprint density at radius 3 is 2.84 bits per heavy atom. The molecule has 1 aromatic carbocycles. The summed E-state index contributed by atoms with van der Waals surface area (Å²) in [6, 6.07) is 8.19.